The molecule has 2 fully saturated rings. The fourth-order valence-electron chi connectivity index (χ4n) is 3.70. The molecule has 3 rings (SSSR count). The van der Waals surface area contributed by atoms with Crippen molar-refractivity contribution in [1.29, 1.82) is 0 Å². The highest BCUT2D eigenvalue weighted by Gasteiger charge is 2.36. The number of ether oxygens (including phenoxy) is 1. The van der Waals surface area contributed by atoms with Gasteiger partial charge in [-0.15, -0.1) is 0 Å². The molecule has 2 aliphatic heterocycles. The first-order chi connectivity index (χ1) is 10.3. The molecule has 0 bridgehead atoms. The first kappa shape index (κ1) is 15.0. The molecule has 3 nitrogen and oxygen atoms in total. The molecule has 1 N–H and O–H groups in total. The number of rotatable bonds is 4. The summed E-state index contributed by atoms with van der Waals surface area (Å²) in [7, 11) is 0. The van der Waals surface area contributed by atoms with E-state index in [0.717, 1.165) is 32.2 Å². The van der Waals surface area contributed by atoms with E-state index in [9.17, 15) is 0 Å². The number of benzene rings is 1. The van der Waals surface area contributed by atoms with Crippen LogP contribution in [-0.4, -0.2) is 43.3 Å². The van der Waals surface area contributed by atoms with Crippen LogP contribution in [0.3, 0.4) is 0 Å². The Kier molecular flexibility index (Phi) is 4.94. The van der Waals surface area contributed by atoms with Crippen molar-refractivity contribution in [2.75, 3.05) is 26.3 Å². The predicted molar refractivity (Wildman–Crippen MR) is 86.4 cm³/mol. The van der Waals surface area contributed by atoms with E-state index in [2.05, 4.69) is 54.4 Å². The molecular weight excluding hydrogens is 260 g/mol. The molecule has 2 saturated heterocycles. The van der Waals surface area contributed by atoms with Crippen LogP contribution < -0.4 is 5.32 Å². The summed E-state index contributed by atoms with van der Waals surface area (Å²) in [5, 5.41) is 3.77. The highest BCUT2D eigenvalue weighted by Crippen LogP contribution is 2.28. The minimum absolute atomic E-state index is 0.451. The molecule has 116 valence electrons. The monoisotopic (exact) mass is 288 g/mol. The summed E-state index contributed by atoms with van der Waals surface area (Å²) in [6.07, 6.45) is 2.43. The van der Waals surface area contributed by atoms with Crippen molar-refractivity contribution in [2.24, 2.45) is 5.92 Å². The Morgan fingerprint density at radius 1 is 1.33 bits per heavy atom. The van der Waals surface area contributed by atoms with Gasteiger partial charge in [-0.1, -0.05) is 50.6 Å². The fourth-order valence-corrected chi connectivity index (χ4v) is 3.70. The van der Waals surface area contributed by atoms with Crippen molar-refractivity contribution in [3.63, 3.8) is 0 Å². The van der Waals surface area contributed by atoms with E-state index in [1.165, 1.54) is 18.4 Å². The summed E-state index contributed by atoms with van der Waals surface area (Å²) in [6.45, 7) is 8.72. The molecule has 1 aromatic carbocycles. The Labute approximate surface area is 128 Å². The van der Waals surface area contributed by atoms with Crippen LogP contribution in [0.15, 0.2) is 30.3 Å². The van der Waals surface area contributed by atoms with Gasteiger partial charge in [0.2, 0.25) is 0 Å². The van der Waals surface area contributed by atoms with Gasteiger partial charge in [0.1, 0.15) is 0 Å². The van der Waals surface area contributed by atoms with Crippen LogP contribution in [0.4, 0.5) is 0 Å². The third-order valence-corrected chi connectivity index (χ3v) is 5.27. The summed E-state index contributed by atoms with van der Waals surface area (Å²) < 4.78 is 5.65. The van der Waals surface area contributed by atoms with Gasteiger partial charge in [0.15, 0.2) is 0 Å². The summed E-state index contributed by atoms with van der Waals surface area (Å²) in [6, 6.07) is 12.6. The summed E-state index contributed by atoms with van der Waals surface area (Å²) in [5.41, 5.74) is 1.41. The van der Waals surface area contributed by atoms with Gasteiger partial charge in [-0.2, -0.15) is 0 Å². The molecule has 2 heterocycles. The van der Waals surface area contributed by atoms with Crippen LogP contribution in [0.2, 0.25) is 0 Å². The average Bonchev–Trinajstić information content (AvgIpc) is 3.09. The Morgan fingerprint density at radius 2 is 2.14 bits per heavy atom. The third-order valence-electron chi connectivity index (χ3n) is 5.27. The van der Waals surface area contributed by atoms with Gasteiger partial charge in [0.05, 0.1) is 6.61 Å². The molecule has 0 aliphatic carbocycles. The maximum absolute atomic E-state index is 5.65. The SMILES string of the molecule is CCC(C)C1CNC(c2ccccc2)CN1C1CCOC1. The van der Waals surface area contributed by atoms with E-state index in [1.54, 1.807) is 0 Å². The predicted octanol–water partition coefficient (Wildman–Crippen LogP) is 2.84. The first-order valence-corrected chi connectivity index (χ1v) is 8.41. The molecule has 2 aliphatic rings. The standard InChI is InChI=1S/C18H28N2O/c1-3-14(2)18-11-19-17(15-7-5-4-6-8-15)12-20(18)16-9-10-21-13-16/h4-8,14,16-19H,3,9-13H2,1-2H3. The van der Waals surface area contributed by atoms with Gasteiger partial charge < -0.3 is 10.1 Å². The lowest BCUT2D eigenvalue weighted by atomic mass is 9.91. The topological polar surface area (TPSA) is 24.5 Å². The number of hydrogen-bond acceptors (Lipinski definition) is 3. The summed E-state index contributed by atoms with van der Waals surface area (Å²) >= 11 is 0. The van der Waals surface area contributed by atoms with E-state index in [0.29, 0.717) is 18.1 Å². The number of hydrogen-bond donors (Lipinski definition) is 1. The zero-order chi connectivity index (χ0) is 14.7. The third kappa shape index (κ3) is 3.31. The van der Waals surface area contributed by atoms with Crippen molar-refractivity contribution >= 4 is 0 Å². The van der Waals surface area contributed by atoms with E-state index < -0.39 is 0 Å². The molecule has 0 radical (unpaired) electrons. The molecule has 4 unspecified atom stereocenters. The summed E-state index contributed by atoms with van der Waals surface area (Å²) in [4.78, 5) is 2.73. The average molecular weight is 288 g/mol. The van der Waals surface area contributed by atoms with Gasteiger partial charge in [0.25, 0.3) is 0 Å². The van der Waals surface area contributed by atoms with Crippen molar-refractivity contribution in [3.8, 4) is 0 Å². The maximum atomic E-state index is 5.65. The maximum Gasteiger partial charge on any atom is 0.0622 e. The Hall–Kier alpha value is -0.900. The van der Waals surface area contributed by atoms with Crippen LogP contribution in [0.1, 0.15) is 38.3 Å². The van der Waals surface area contributed by atoms with Crippen LogP contribution in [0, 0.1) is 5.92 Å². The molecule has 1 aromatic rings. The van der Waals surface area contributed by atoms with Crippen LogP contribution >= 0.6 is 0 Å². The second-order valence-electron chi connectivity index (χ2n) is 6.54. The molecule has 21 heavy (non-hydrogen) atoms. The van der Waals surface area contributed by atoms with Crippen molar-refractivity contribution in [2.45, 2.75) is 44.8 Å². The highest BCUT2D eigenvalue weighted by molar-refractivity contribution is 5.20. The van der Waals surface area contributed by atoms with E-state index in [1.807, 2.05) is 0 Å². The zero-order valence-electron chi connectivity index (χ0n) is 13.3. The van der Waals surface area contributed by atoms with Gasteiger partial charge in [-0.25, -0.2) is 0 Å². The smallest absolute Gasteiger partial charge is 0.0622 e. The lowest BCUT2D eigenvalue weighted by Crippen LogP contribution is -2.58. The Morgan fingerprint density at radius 3 is 2.81 bits per heavy atom. The molecule has 3 heteroatoms. The fraction of sp³-hybridized carbons (Fsp3) is 0.667. The van der Waals surface area contributed by atoms with Gasteiger partial charge in [-0.05, 0) is 17.9 Å². The first-order valence-electron chi connectivity index (χ1n) is 8.41. The molecule has 4 atom stereocenters. The van der Waals surface area contributed by atoms with Crippen molar-refractivity contribution in [3.05, 3.63) is 35.9 Å². The van der Waals surface area contributed by atoms with Gasteiger partial charge in [-0.3, -0.25) is 4.90 Å². The normalized spacial score (nSPS) is 32.2. The zero-order valence-corrected chi connectivity index (χ0v) is 13.3. The minimum atomic E-state index is 0.451. The molecule has 0 spiro atoms. The highest BCUT2D eigenvalue weighted by atomic mass is 16.5. The van der Waals surface area contributed by atoms with Gasteiger partial charge in [0, 0.05) is 37.8 Å². The lowest BCUT2D eigenvalue weighted by Gasteiger charge is -2.46. The second-order valence-corrected chi connectivity index (χ2v) is 6.54. The molecule has 0 amide bonds. The van der Waals surface area contributed by atoms with E-state index in [-0.39, 0.29) is 0 Å². The molecule has 0 saturated carbocycles. The largest absolute Gasteiger partial charge is 0.380 e. The van der Waals surface area contributed by atoms with E-state index >= 15 is 0 Å². The molecular formula is C18H28N2O. The van der Waals surface area contributed by atoms with Crippen LogP contribution in [0.25, 0.3) is 0 Å². The Balaban J connectivity index is 1.75. The lowest BCUT2D eigenvalue weighted by molar-refractivity contribution is 0.0429. The number of nitrogens with zero attached hydrogens (tertiary/aromatic N) is 1. The van der Waals surface area contributed by atoms with Gasteiger partial charge >= 0.3 is 0 Å². The summed E-state index contributed by atoms with van der Waals surface area (Å²) in [5.74, 6) is 0.731. The number of nitrogens with one attached hydrogen (secondary N) is 1. The Bertz CT molecular complexity index is 430. The second kappa shape index (κ2) is 6.91. The van der Waals surface area contributed by atoms with Crippen molar-refractivity contribution in [1.82, 2.24) is 10.2 Å². The minimum Gasteiger partial charge on any atom is -0.380 e. The van der Waals surface area contributed by atoms with E-state index in [4.69, 9.17) is 4.74 Å². The number of piperazine rings is 1. The quantitative estimate of drug-likeness (QED) is 0.922. The van der Waals surface area contributed by atoms with Crippen molar-refractivity contribution < 1.29 is 4.74 Å². The van der Waals surface area contributed by atoms with Crippen LogP contribution in [0.5, 0.6) is 0 Å². The molecule has 0 aromatic heterocycles. The van der Waals surface area contributed by atoms with Crippen LogP contribution in [-0.2, 0) is 4.74 Å².